The number of rotatable bonds is 5. The second-order valence-corrected chi connectivity index (χ2v) is 4.51. The lowest BCUT2D eigenvalue weighted by molar-refractivity contribution is 0.589. The molecule has 0 saturated heterocycles. The van der Waals surface area contributed by atoms with Gasteiger partial charge in [-0.2, -0.15) is 5.26 Å². The van der Waals surface area contributed by atoms with E-state index in [1.165, 1.54) is 0 Å². The largest absolute Gasteiger partial charge is 0.374 e. The molecule has 0 atom stereocenters. The lowest BCUT2D eigenvalue weighted by Gasteiger charge is -2.19. The molecule has 1 aromatic rings. The van der Waals surface area contributed by atoms with Crippen LogP contribution in [0.2, 0.25) is 0 Å². The summed E-state index contributed by atoms with van der Waals surface area (Å²) in [7, 11) is 2.00. The van der Waals surface area contributed by atoms with E-state index in [2.05, 4.69) is 43.1 Å². The van der Waals surface area contributed by atoms with Crippen molar-refractivity contribution in [2.45, 2.75) is 33.4 Å². The van der Waals surface area contributed by atoms with Gasteiger partial charge < -0.3 is 10.2 Å². The Labute approximate surface area is 104 Å². The predicted octanol–water partition coefficient (Wildman–Crippen LogP) is 2.51. The highest BCUT2D eigenvalue weighted by molar-refractivity contribution is 5.60. The molecule has 1 N–H and O–H groups in total. The summed E-state index contributed by atoms with van der Waals surface area (Å²) in [6, 6.07) is 8.80. The first-order valence-electron chi connectivity index (χ1n) is 6.06. The molecule has 0 bridgehead atoms. The van der Waals surface area contributed by atoms with Crippen LogP contribution in [-0.4, -0.2) is 19.6 Å². The van der Waals surface area contributed by atoms with Crippen LogP contribution >= 0.6 is 0 Å². The van der Waals surface area contributed by atoms with Crippen molar-refractivity contribution < 1.29 is 0 Å². The average molecular weight is 231 g/mol. The van der Waals surface area contributed by atoms with Gasteiger partial charge in [-0.05, 0) is 24.6 Å². The van der Waals surface area contributed by atoms with Crippen molar-refractivity contribution in [3.8, 4) is 6.07 Å². The number of anilines is 1. The first-order chi connectivity index (χ1) is 8.08. The number of nitrogens with zero attached hydrogens (tertiary/aromatic N) is 2. The van der Waals surface area contributed by atoms with Crippen LogP contribution in [0, 0.1) is 11.3 Å². The first kappa shape index (κ1) is 13.5. The van der Waals surface area contributed by atoms with Crippen LogP contribution < -0.4 is 10.2 Å². The van der Waals surface area contributed by atoms with Gasteiger partial charge in [0.25, 0.3) is 0 Å². The van der Waals surface area contributed by atoms with Gasteiger partial charge in [0.1, 0.15) is 6.07 Å². The summed E-state index contributed by atoms with van der Waals surface area (Å²) in [5.41, 5.74) is 2.91. The van der Waals surface area contributed by atoms with Gasteiger partial charge in [0.2, 0.25) is 0 Å². The smallest absolute Gasteiger partial charge is 0.101 e. The highest BCUT2D eigenvalue weighted by Crippen LogP contribution is 2.20. The quantitative estimate of drug-likeness (QED) is 0.846. The molecule has 3 heteroatoms. The third-order valence-corrected chi connectivity index (χ3v) is 2.78. The van der Waals surface area contributed by atoms with Crippen LogP contribution in [0.5, 0.6) is 0 Å². The summed E-state index contributed by atoms with van der Waals surface area (Å²) >= 11 is 0. The Hall–Kier alpha value is -1.53. The van der Waals surface area contributed by atoms with E-state index in [1.54, 1.807) is 0 Å². The van der Waals surface area contributed by atoms with Gasteiger partial charge >= 0.3 is 0 Å². The second kappa shape index (κ2) is 6.27. The summed E-state index contributed by atoms with van der Waals surface area (Å²) in [4.78, 5) is 2.08. The Morgan fingerprint density at radius 3 is 2.65 bits per heavy atom. The minimum atomic E-state index is 0.457. The van der Waals surface area contributed by atoms with Crippen LogP contribution in [0.25, 0.3) is 0 Å². The standard InChI is InChI=1S/C14H21N3/c1-5-17(4)14-7-6-12(8-13(14)9-15)10-16-11(2)3/h6-8,11,16H,5,10H2,1-4H3. The Morgan fingerprint density at radius 2 is 2.12 bits per heavy atom. The molecule has 92 valence electrons. The molecule has 0 fully saturated rings. The van der Waals surface area contributed by atoms with Crippen LogP contribution in [0.15, 0.2) is 18.2 Å². The van der Waals surface area contributed by atoms with Gasteiger partial charge in [-0.25, -0.2) is 0 Å². The summed E-state index contributed by atoms with van der Waals surface area (Å²) < 4.78 is 0. The number of nitriles is 1. The molecule has 17 heavy (non-hydrogen) atoms. The number of nitrogens with one attached hydrogen (secondary N) is 1. The summed E-state index contributed by atoms with van der Waals surface area (Å²) in [6.45, 7) is 8.02. The molecule has 0 heterocycles. The Morgan fingerprint density at radius 1 is 1.41 bits per heavy atom. The fraction of sp³-hybridized carbons (Fsp3) is 0.500. The van der Waals surface area contributed by atoms with E-state index < -0.39 is 0 Å². The molecular formula is C14H21N3. The molecule has 0 unspecified atom stereocenters. The van der Waals surface area contributed by atoms with Crippen LogP contribution in [-0.2, 0) is 6.54 Å². The molecule has 0 saturated carbocycles. The molecule has 1 rings (SSSR count). The second-order valence-electron chi connectivity index (χ2n) is 4.51. The van der Waals surface area contributed by atoms with E-state index in [0.29, 0.717) is 6.04 Å². The molecule has 0 amide bonds. The lowest BCUT2D eigenvalue weighted by Crippen LogP contribution is -2.22. The topological polar surface area (TPSA) is 39.1 Å². The van der Waals surface area contributed by atoms with Gasteiger partial charge in [-0.15, -0.1) is 0 Å². The third kappa shape index (κ3) is 3.76. The van der Waals surface area contributed by atoms with Gasteiger partial charge in [0, 0.05) is 26.2 Å². The highest BCUT2D eigenvalue weighted by atomic mass is 15.1. The highest BCUT2D eigenvalue weighted by Gasteiger charge is 2.07. The van der Waals surface area contributed by atoms with E-state index in [4.69, 9.17) is 5.26 Å². The maximum absolute atomic E-state index is 9.17. The Kier molecular flexibility index (Phi) is 4.99. The van der Waals surface area contributed by atoms with E-state index in [9.17, 15) is 0 Å². The fourth-order valence-electron chi connectivity index (χ4n) is 1.61. The monoisotopic (exact) mass is 231 g/mol. The van der Waals surface area contributed by atoms with Gasteiger partial charge in [-0.3, -0.25) is 0 Å². The summed E-state index contributed by atoms with van der Waals surface area (Å²) in [5.74, 6) is 0. The lowest BCUT2D eigenvalue weighted by atomic mass is 10.1. The predicted molar refractivity (Wildman–Crippen MR) is 72.1 cm³/mol. The van der Waals surface area contributed by atoms with Gasteiger partial charge in [-0.1, -0.05) is 19.9 Å². The zero-order chi connectivity index (χ0) is 12.8. The zero-order valence-corrected chi connectivity index (χ0v) is 11.1. The summed E-state index contributed by atoms with van der Waals surface area (Å²) in [5, 5.41) is 12.5. The van der Waals surface area contributed by atoms with E-state index in [-0.39, 0.29) is 0 Å². The minimum absolute atomic E-state index is 0.457. The Balaban J connectivity index is 2.89. The maximum atomic E-state index is 9.17. The van der Waals surface area contributed by atoms with Crippen LogP contribution in [0.1, 0.15) is 31.9 Å². The average Bonchev–Trinajstić information content (AvgIpc) is 2.34. The maximum Gasteiger partial charge on any atom is 0.101 e. The number of hydrogen-bond acceptors (Lipinski definition) is 3. The van der Waals surface area contributed by atoms with Crippen molar-refractivity contribution in [2.75, 3.05) is 18.5 Å². The van der Waals surface area contributed by atoms with Crippen molar-refractivity contribution in [3.05, 3.63) is 29.3 Å². The minimum Gasteiger partial charge on any atom is -0.374 e. The van der Waals surface area contributed by atoms with Crippen LogP contribution in [0.4, 0.5) is 5.69 Å². The SMILES string of the molecule is CCN(C)c1ccc(CNC(C)C)cc1C#N. The molecule has 0 radical (unpaired) electrons. The molecule has 3 nitrogen and oxygen atoms in total. The van der Waals surface area contributed by atoms with E-state index in [0.717, 1.165) is 29.9 Å². The molecule has 0 aliphatic carbocycles. The van der Waals surface area contributed by atoms with Gasteiger partial charge in [0.15, 0.2) is 0 Å². The first-order valence-corrected chi connectivity index (χ1v) is 6.06. The summed E-state index contributed by atoms with van der Waals surface area (Å²) in [6.07, 6.45) is 0. The van der Waals surface area contributed by atoms with Crippen molar-refractivity contribution >= 4 is 5.69 Å². The van der Waals surface area contributed by atoms with Crippen molar-refractivity contribution in [3.63, 3.8) is 0 Å². The molecule has 0 aromatic heterocycles. The fourth-order valence-corrected chi connectivity index (χ4v) is 1.61. The molecular weight excluding hydrogens is 210 g/mol. The molecule has 0 aliphatic rings. The normalized spacial score (nSPS) is 10.4. The van der Waals surface area contributed by atoms with Gasteiger partial charge in [0.05, 0.1) is 11.3 Å². The van der Waals surface area contributed by atoms with Crippen molar-refractivity contribution in [2.24, 2.45) is 0 Å². The number of hydrogen-bond donors (Lipinski definition) is 1. The van der Waals surface area contributed by atoms with Crippen molar-refractivity contribution in [1.29, 1.82) is 5.26 Å². The van der Waals surface area contributed by atoms with Crippen molar-refractivity contribution in [1.82, 2.24) is 5.32 Å². The van der Waals surface area contributed by atoms with E-state index >= 15 is 0 Å². The molecule has 0 aliphatic heterocycles. The molecule has 0 spiro atoms. The molecule has 1 aromatic carbocycles. The number of benzene rings is 1. The Bertz CT molecular complexity index is 404. The van der Waals surface area contributed by atoms with Crippen LogP contribution in [0.3, 0.4) is 0 Å². The third-order valence-electron chi connectivity index (χ3n) is 2.78. The zero-order valence-electron chi connectivity index (χ0n) is 11.1. The van der Waals surface area contributed by atoms with E-state index in [1.807, 2.05) is 19.2 Å².